The molecule has 6 nitrogen and oxygen atoms in total. The first-order valence-electron chi connectivity index (χ1n) is 7.73. The van der Waals surface area contributed by atoms with E-state index >= 15 is 0 Å². The number of halogens is 1. The number of nitrogens with zero attached hydrogens (tertiary/aromatic N) is 1. The molecule has 1 aliphatic rings. The lowest BCUT2D eigenvalue weighted by molar-refractivity contribution is -0.122. The first-order chi connectivity index (χ1) is 12.4. The third kappa shape index (κ3) is 3.19. The van der Waals surface area contributed by atoms with E-state index in [0.717, 1.165) is 10.5 Å². The van der Waals surface area contributed by atoms with Crippen LogP contribution < -0.4 is 15.0 Å². The number of imide groups is 2. The molecule has 2 aromatic rings. The minimum atomic E-state index is -0.779. The van der Waals surface area contributed by atoms with E-state index < -0.39 is 17.8 Å². The summed E-state index contributed by atoms with van der Waals surface area (Å²) in [5, 5.41) is 2.54. The zero-order chi connectivity index (χ0) is 18.8. The summed E-state index contributed by atoms with van der Waals surface area (Å²) in [7, 11) is 1.49. The summed E-state index contributed by atoms with van der Waals surface area (Å²) in [5.74, 6) is -0.971. The highest BCUT2D eigenvalue weighted by Crippen LogP contribution is 2.28. The molecule has 1 aliphatic heterocycles. The number of benzene rings is 2. The van der Waals surface area contributed by atoms with Gasteiger partial charge in [-0.3, -0.25) is 14.9 Å². The lowest BCUT2D eigenvalue weighted by atomic mass is 10.1. The Morgan fingerprint density at radius 2 is 1.85 bits per heavy atom. The van der Waals surface area contributed by atoms with Crippen molar-refractivity contribution in [1.29, 1.82) is 0 Å². The Hall–Kier alpha value is -3.12. The van der Waals surface area contributed by atoms with Gasteiger partial charge >= 0.3 is 6.03 Å². The summed E-state index contributed by atoms with van der Waals surface area (Å²) in [6.45, 7) is 1.78. The fourth-order valence-corrected chi connectivity index (χ4v) is 2.90. The summed E-state index contributed by atoms with van der Waals surface area (Å²) >= 11 is 6.08. The third-order valence-corrected chi connectivity index (χ3v) is 4.24. The average molecular weight is 371 g/mol. The van der Waals surface area contributed by atoms with Gasteiger partial charge in [0.25, 0.3) is 11.8 Å². The van der Waals surface area contributed by atoms with Gasteiger partial charge in [0.15, 0.2) is 0 Å². The molecule has 0 atom stereocenters. The Labute approximate surface area is 155 Å². The Balaban J connectivity index is 2.03. The van der Waals surface area contributed by atoms with Gasteiger partial charge in [-0.15, -0.1) is 0 Å². The standard InChI is InChI=1S/C19H15ClN2O4/c1-11-5-3-4-6-15(11)22-18(24)13(17(23)21-19(22)25)9-12-7-8-16(26-2)14(20)10-12/h3-10H,1-2H3,(H,21,23,25)/b13-9+. The van der Waals surface area contributed by atoms with Crippen LogP contribution in [0.5, 0.6) is 5.75 Å². The summed E-state index contributed by atoms with van der Waals surface area (Å²) in [6.07, 6.45) is 1.39. The number of rotatable bonds is 3. The second-order valence-electron chi connectivity index (χ2n) is 5.64. The van der Waals surface area contributed by atoms with Gasteiger partial charge in [-0.25, -0.2) is 9.69 Å². The van der Waals surface area contributed by atoms with Crippen LogP contribution in [0.15, 0.2) is 48.0 Å². The number of hydrogen-bond donors (Lipinski definition) is 1. The molecule has 0 aromatic heterocycles. The molecule has 3 rings (SSSR count). The van der Waals surface area contributed by atoms with E-state index in [1.165, 1.54) is 13.2 Å². The van der Waals surface area contributed by atoms with Crippen molar-refractivity contribution in [3.63, 3.8) is 0 Å². The topological polar surface area (TPSA) is 75.7 Å². The van der Waals surface area contributed by atoms with Crippen LogP contribution in [0.3, 0.4) is 0 Å². The van der Waals surface area contributed by atoms with Crippen molar-refractivity contribution in [3.05, 3.63) is 64.2 Å². The minimum absolute atomic E-state index is 0.158. The molecule has 2 aromatic carbocycles. The van der Waals surface area contributed by atoms with Gasteiger partial charge in [-0.1, -0.05) is 35.9 Å². The van der Waals surface area contributed by atoms with Crippen molar-refractivity contribution >= 4 is 41.2 Å². The predicted molar refractivity (Wildman–Crippen MR) is 98.2 cm³/mol. The number of methoxy groups -OCH3 is 1. The fraction of sp³-hybridized carbons (Fsp3) is 0.105. The molecule has 4 amide bonds. The molecule has 1 heterocycles. The van der Waals surface area contributed by atoms with Crippen LogP contribution in [0, 0.1) is 6.92 Å². The van der Waals surface area contributed by atoms with E-state index in [9.17, 15) is 14.4 Å². The van der Waals surface area contributed by atoms with Gasteiger partial charge < -0.3 is 4.74 Å². The molecule has 0 aliphatic carbocycles. The Kier molecular flexibility index (Phi) is 4.77. The van der Waals surface area contributed by atoms with Crippen molar-refractivity contribution < 1.29 is 19.1 Å². The van der Waals surface area contributed by atoms with Crippen LogP contribution in [0.1, 0.15) is 11.1 Å². The van der Waals surface area contributed by atoms with E-state index in [0.29, 0.717) is 22.0 Å². The normalized spacial score (nSPS) is 16.0. The molecule has 0 bridgehead atoms. The maximum Gasteiger partial charge on any atom is 0.335 e. The number of amides is 4. The highest BCUT2D eigenvalue weighted by atomic mass is 35.5. The molecular formula is C19H15ClN2O4. The summed E-state index contributed by atoms with van der Waals surface area (Å²) < 4.78 is 5.08. The average Bonchev–Trinajstić information content (AvgIpc) is 2.60. The molecule has 7 heteroatoms. The van der Waals surface area contributed by atoms with Crippen molar-refractivity contribution in [2.24, 2.45) is 0 Å². The fourth-order valence-electron chi connectivity index (χ4n) is 2.63. The van der Waals surface area contributed by atoms with Crippen molar-refractivity contribution in [2.75, 3.05) is 12.0 Å². The summed E-state index contributed by atoms with van der Waals surface area (Å²) in [6, 6.07) is 11.0. The Morgan fingerprint density at radius 1 is 1.12 bits per heavy atom. The number of para-hydroxylation sites is 1. The molecular weight excluding hydrogens is 356 g/mol. The first-order valence-corrected chi connectivity index (χ1v) is 8.11. The summed E-state index contributed by atoms with van der Waals surface area (Å²) in [4.78, 5) is 38.2. The Morgan fingerprint density at radius 3 is 2.50 bits per heavy atom. The van der Waals surface area contributed by atoms with E-state index in [1.807, 2.05) is 0 Å². The largest absolute Gasteiger partial charge is 0.495 e. The Bertz CT molecular complexity index is 952. The number of aryl methyl sites for hydroxylation is 1. The highest BCUT2D eigenvalue weighted by molar-refractivity contribution is 6.39. The van der Waals surface area contributed by atoms with E-state index in [1.54, 1.807) is 49.4 Å². The second-order valence-corrected chi connectivity index (χ2v) is 6.05. The molecule has 0 radical (unpaired) electrons. The molecule has 0 unspecified atom stereocenters. The lowest BCUT2D eigenvalue weighted by Gasteiger charge is -2.27. The number of anilines is 1. The molecule has 1 saturated heterocycles. The quantitative estimate of drug-likeness (QED) is 0.664. The molecule has 1 fully saturated rings. The van der Waals surface area contributed by atoms with Gasteiger partial charge in [0.1, 0.15) is 11.3 Å². The number of hydrogen-bond acceptors (Lipinski definition) is 4. The van der Waals surface area contributed by atoms with Crippen LogP contribution >= 0.6 is 11.6 Å². The maximum absolute atomic E-state index is 12.8. The second kappa shape index (κ2) is 7.01. The number of nitrogens with one attached hydrogen (secondary N) is 1. The van der Waals surface area contributed by atoms with Crippen LogP contribution in [0.25, 0.3) is 6.08 Å². The first kappa shape index (κ1) is 17.7. The number of carbonyl (C=O) groups is 3. The number of urea groups is 1. The highest BCUT2D eigenvalue weighted by Gasteiger charge is 2.37. The van der Waals surface area contributed by atoms with E-state index in [-0.39, 0.29) is 5.57 Å². The number of ether oxygens (including phenoxy) is 1. The van der Waals surface area contributed by atoms with Gasteiger partial charge in [0, 0.05) is 0 Å². The van der Waals surface area contributed by atoms with E-state index in [4.69, 9.17) is 16.3 Å². The minimum Gasteiger partial charge on any atom is -0.495 e. The van der Waals surface area contributed by atoms with Gasteiger partial charge in [0.05, 0.1) is 17.8 Å². The van der Waals surface area contributed by atoms with Crippen molar-refractivity contribution in [3.8, 4) is 5.75 Å². The molecule has 1 N–H and O–H groups in total. The van der Waals surface area contributed by atoms with Gasteiger partial charge in [-0.05, 0) is 42.3 Å². The van der Waals surface area contributed by atoms with Gasteiger partial charge in [-0.2, -0.15) is 0 Å². The molecule has 26 heavy (non-hydrogen) atoms. The van der Waals surface area contributed by atoms with Crippen molar-refractivity contribution in [2.45, 2.75) is 6.92 Å². The summed E-state index contributed by atoms with van der Waals surface area (Å²) in [5.41, 5.74) is 1.53. The molecule has 0 saturated carbocycles. The monoisotopic (exact) mass is 370 g/mol. The zero-order valence-electron chi connectivity index (χ0n) is 14.1. The smallest absolute Gasteiger partial charge is 0.335 e. The third-order valence-electron chi connectivity index (χ3n) is 3.94. The zero-order valence-corrected chi connectivity index (χ0v) is 14.8. The van der Waals surface area contributed by atoms with E-state index in [2.05, 4.69) is 5.32 Å². The van der Waals surface area contributed by atoms with Crippen LogP contribution in [-0.2, 0) is 9.59 Å². The van der Waals surface area contributed by atoms with Crippen molar-refractivity contribution in [1.82, 2.24) is 5.32 Å². The SMILES string of the molecule is COc1ccc(/C=C2\C(=O)NC(=O)N(c3ccccc3C)C2=O)cc1Cl. The van der Waals surface area contributed by atoms with Crippen LogP contribution in [0.2, 0.25) is 5.02 Å². The molecule has 132 valence electrons. The van der Waals surface area contributed by atoms with Gasteiger partial charge in [0.2, 0.25) is 0 Å². The van der Waals surface area contributed by atoms with Crippen LogP contribution in [0.4, 0.5) is 10.5 Å². The number of carbonyl (C=O) groups excluding carboxylic acids is 3. The number of barbiturate groups is 1. The lowest BCUT2D eigenvalue weighted by Crippen LogP contribution is -2.54. The maximum atomic E-state index is 12.8. The predicted octanol–water partition coefficient (Wildman–Crippen LogP) is 3.32. The molecule has 0 spiro atoms. The van der Waals surface area contributed by atoms with Crippen LogP contribution in [-0.4, -0.2) is 25.0 Å².